The molecular formula is C6H6Br2N2. The van der Waals surface area contributed by atoms with E-state index in [0.717, 1.165) is 21.3 Å². The Morgan fingerprint density at radius 2 is 2.30 bits per heavy atom. The second kappa shape index (κ2) is 3.44. The summed E-state index contributed by atoms with van der Waals surface area (Å²) in [6.45, 7) is 1.92. The van der Waals surface area contributed by atoms with Gasteiger partial charge in [-0.05, 0) is 22.9 Å². The van der Waals surface area contributed by atoms with Crippen molar-refractivity contribution in [3.8, 4) is 0 Å². The predicted octanol–water partition coefficient (Wildman–Crippen LogP) is 2.44. The van der Waals surface area contributed by atoms with Gasteiger partial charge in [0.1, 0.15) is 4.60 Å². The van der Waals surface area contributed by atoms with Gasteiger partial charge in [0.2, 0.25) is 0 Å². The second-order valence-corrected chi connectivity index (χ2v) is 3.18. The third-order valence-electron chi connectivity index (χ3n) is 1.07. The smallest absolute Gasteiger partial charge is 0.127 e. The normalized spacial score (nSPS) is 9.90. The molecule has 0 bridgehead atoms. The van der Waals surface area contributed by atoms with Crippen LogP contribution in [0.2, 0.25) is 0 Å². The molecule has 0 atom stereocenters. The van der Waals surface area contributed by atoms with Crippen molar-refractivity contribution >= 4 is 31.9 Å². The highest BCUT2D eigenvalue weighted by Crippen LogP contribution is 2.10. The number of nitrogens with zero attached hydrogens (tertiary/aromatic N) is 2. The molecule has 2 nitrogen and oxygen atoms in total. The molecule has 0 N–H and O–H groups in total. The molecule has 10 heavy (non-hydrogen) atoms. The largest absolute Gasteiger partial charge is 0.253 e. The topological polar surface area (TPSA) is 25.8 Å². The Balaban J connectivity index is 3.04. The maximum absolute atomic E-state index is 4.23. The van der Waals surface area contributed by atoms with E-state index in [1.54, 1.807) is 6.20 Å². The molecule has 0 spiro atoms. The van der Waals surface area contributed by atoms with Crippen LogP contribution in [-0.4, -0.2) is 9.97 Å². The number of aromatic nitrogens is 2. The Kier molecular flexibility index (Phi) is 2.80. The number of alkyl halides is 1. The van der Waals surface area contributed by atoms with Crippen molar-refractivity contribution in [3.05, 3.63) is 22.2 Å². The van der Waals surface area contributed by atoms with Gasteiger partial charge in [0, 0.05) is 5.33 Å². The fourth-order valence-corrected chi connectivity index (χ4v) is 1.04. The van der Waals surface area contributed by atoms with Crippen LogP contribution >= 0.6 is 31.9 Å². The number of rotatable bonds is 1. The Bertz CT molecular complexity index is 237. The molecule has 0 aromatic carbocycles. The number of aryl methyl sites for hydroxylation is 1. The predicted molar refractivity (Wildman–Crippen MR) is 47.1 cm³/mol. The van der Waals surface area contributed by atoms with Crippen LogP contribution in [-0.2, 0) is 5.33 Å². The van der Waals surface area contributed by atoms with Crippen molar-refractivity contribution in [3.63, 3.8) is 0 Å². The lowest BCUT2D eigenvalue weighted by Crippen LogP contribution is -1.91. The van der Waals surface area contributed by atoms with Crippen LogP contribution in [0.4, 0.5) is 0 Å². The van der Waals surface area contributed by atoms with E-state index < -0.39 is 0 Å². The van der Waals surface area contributed by atoms with Gasteiger partial charge in [-0.3, -0.25) is 4.98 Å². The summed E-state index contributed by atoms with van der Waals surface area (Å²) >= 11 is 6.57. The van der Waals surface area contributed by atoms with E-state index in [2.05, 4.69) is 41.8 Å². The highest BCUT2D eigenvalue weighted by Gasteiger charge is 1.97. The molecule has 54 valence electrons. The molecule has 1 aromatic heterocycles. The van der Waals surface area contributed by atoms with Crippen LogP contribution in [0.1, 0.15) is 11.4 Å². The number of halogens is 2. The number of hydrogen-bond donors (Lipinski definition) is 0. The quantitative estimate of drug-likeness (QED) is 0.729. The van der Waals surface area contributed by atoms with Gasteiger partial charge >= 0.3 is 0 Å². The molecule has 1 rings (SSSR count). The molecule has 0 aliphatic carbocycles. The van der Waals surface area contributed by atoms with Crippen LogP contribution in [0, 0.1) is 6.92 Å². The van der Waals surface area contributed by atoms with Gasteiger partial charge in [0.05, 0.1) is 17.6 Å². The van der Waals surface area contributed by atoms with E-state index in [1.807, 2.05) is 6.92 Å². The third kappa shape index (κ3) is 1.76. The van der Waals surface area contributed by atoms with E-state index in [9.17, 15) is 0 Å². The fraction of sp³-hybridized carbons (Fsp3) is 0.333. The minimum atomic E-state index is 0.758. The molecule has 0 aliphatic heterocycles. The minimum absolute atomic E-state index is 0.758. The monoisotopic (exact) mass is 264 g/mol. The highest BCUT2D eigenvalue weighted by molar-refractivity contribution is 9.10. The average molecular weight is 266 g/mol. The van der Waals surface area contributed by atoms with E-state index in [1.165, 1.54) is 0 Å². The van der Waals surface area contributed by atoms with Crippen LogP contribution in [0.5, 0.6) is 0 Å². The highest BCUT2D eigenvalue weighted by atomic mass is 79.9. The first-order chi connectivity index (χ1) is 4.74. The van der Waals surface area contributed by atoms with Crippen molar-refractivity contribution in [2.75, 3.05) is 0 Å². The van der Waals surface area contributed by atoms with Gasteiger partial charge in [-0.25, -0.2) is 4.98 Å². The van der Waals surface area contributed by atoms with E-state index in [4.69, 9.17) is 0 Å². The zero-order valence-corrected chi connectivity index (χ0v) is 8.61. The summed E-state index contributed by atoms with van der Waals surface area (Å²) in [5.74, 6) is 0. The average Bonchev–Trinajstić information content (AvgIpc) is 1.95. The first-order valence-corrected chi connectivity index (χ1v) is 4.69. The molecule has 0 saturated heterocycles. The molecule has 1 aromatic rings. The lowest BCUT2D eigenvalue weighted by molar-refractivity contribution is 1.02. The molecule has 0 amide bonds. The van der Waals surface area contributed by atoms with Gasteiger partial charge in [-0.2, -0.15) is 0 Å². The van der Waals surface area contributed by atoms with Crippen LogP contribution in [0.15, 0.2) is 10.8 Å². The molecule has 4 heteroatoms. The van der Waals surface area contributed by atoms with E-state index in [0.29, 0.717) is 0 Å². The van der Waals surface area contributed by atoms with Crippen molar-refractivity contribution in [2.24, 2.45) is 0 Å². The van der Waals surface area contributed by atoms with Crippen molar-refractivity contribution in [1.82, 2.24) is 9.97 Å². The maximum atomic E-state index is 4.23. The first-order valence-electron chi connectivity index (χ1n) is 2.78. The Hall–Kier alpha value is 0.0400. The first kappa shape index (κ1) is 8.14. The lowest BCUT2D eigenvalue weighted by atomic mass is 10.4. The zero-order valence-electron chi connectivity index (χ0n) is 5.43. The Morgan fingerprint density at radius 3 is 2.80 bits per heavy atom. The summed E-state index contributed by atoms with van der Waals surface area (Å²) in [6.07, 6.45) is 1.74. The standard InChI is InChI=1S/C6H6Br2N2/c1-4-6(8)9-3-5(2-7)10-4/h3H,2H2,1H3. The van der Waals surface area contributed by atoms with Gasteiger partial charge in [0.15, 0.2) is 0 Å². The lowest BCUT2D eigenvalue weighted by Gasteiger charge is -1.97. The zero-order chi connectivity index (χ0) is 7.56. The van der Waals surface area contributed by atoms with E-state index >= 15 is 0 Å². The van der Waals surface area contributed by atoms with Crippen LogP contribution in [0.25, 0.3) is 0 Å². The Labute approximate surface area is 76.3 Å². The van der Waals surface area contributed by atoms with Gasteiger partial charge in [0.25, 0.3) is 0 Å². The molecule has 0 saturated carbocycles. The minimum Gasteiger partial charge on any atom is -0.253 e. The summed E-state index contributed by atoms with van der Waals surface area (Å²) in [4.78, 5) is 8.31. The summed E-state index contributed by atoms with van der Waals surface area (Å²) < 4.78 is 0.817. The van der Waals surface area contributed by atoms with Crippen LogP contribution in [0.3, 0.4) is 0 Å². The molecule has 0 aliphatic rings. The van der Waals surface area contributed by atoms with Crippen LogP contribution < -0.4 is 0 Å². The van der Waals surface area contributed by atoms with Gasteiger partial charge in [-0.1, -0.05) is 15.9 Å². The van der Waals surface area contributed by atoms with E-state index in [-0.39, 0.29) is 0 Å². The fourth-order valence-electron chi connectivity index (χ4n) is 0.579. The maximum Gasteiger partial charge on any atom is 0.127 e. The van der Waals surface area contributed by atoms with Gasteiger partial charge < -0.3 is 0 Å². The number of hydrogen-bond acceptors (Lipinski definition) is 2. The van der Waals surface area contributed by atoms with Crippen molar-refractivity contribution in [1.29, 1.82) is 0 Å². The van der Waals surface area contributed by atoms with Gasteiger partial charge in [-0.15, -0.1) is 0 Å². The summed E-state index contributed by atoms with van der Waals surface area (Å²) in [5, 5.41) is 0.758. The summed E-state index contributed by atoms with van der Waals surface area (Å²) in [5.41, 5.74) is 1.89. The molecule has 1 heterocycles. The second-order valence-electron chi connectivity index (χ2n) is 1.87. The van der Waals surface area contributed by atoms with Crippen molar-refractivity contribution in [2.45, 2.75) is 12.3 Å². The molecule has 0 unspecified atom stereocenters. The van der Waals surface area contributed by atoms with Crippen molar-refractivity contribution < 1.29 is 0 Å². The Morgan fingerprint density at radius 1 is 1.60 bits per heavy atom. The molecule has 0 fully saturated rings. The third-order valence-corrected chi connectivity index (χ3v) is 2.43. The molecule has 0 radical (unpaired) electrons. The summed E-state index contributed by atoms with van der Waals surface area (Å²) in [7, 11) is 0. The SMILES string of the molecule is Cc1nc(CBr)cnc1Br. The summed E-state index contributed by atoms with van der Waals surface area (Å²) in [6, 6.07) is 0. The molecular weight excluding hydrogens is 260 g/mol.